The Bertz CT molecular complexity index is 1280. The fraction of sp³-hybridized carbons (Fsp3) is 0. The van der Waals surface area contributed by atoms with E-state index in [1.807, 2.05) is 47.3 Å². The van der Waals surface area contributed by atoms with Crippen LogP contribution in [0.25, 0.3) is 5.69 Å². The van der Waals surface area contributed by atoms with Gasteiger partial charge in [-0.3, -0.25) is 4.79 Å². The molecule has 0 atom stereocenters. The molecule has 7 heteroatoms. The number of hydrogen-bond acceptors (Lipinski definition) is 4. The maximum Gasteiger partial charge on any atom is 0.344 e. The smallest absolute Gasteiger partial charge is 0.344 e. The van der Waals surface area contributed by atoms with Gasteiger partial charge in [-0.15, -0.1) is 0 Å². The second-order valence-electron chi connectivity index (χ2n) is 6.71. The van der Waals surface area contributed by atoms with E-state index < -0.39 is 5.97 Å². The number of para-hydroxylation sites is 2. The second kappa shape index (κ2) is 9.89. The number of benzene rings is 3. The van der Waals surface area contributed by atoms with Crippen molar-refractivity contribution in [2.45, 2.75) is 0 Å². The lowest BCUT2D eigenvalue weighted by Crippen LogP contribution is -2.19. The van der Waals surface area contributed by atoms with Crippen LogP contribution in [-0.4, -0.2) is 22.7 Å². The van der Waals surface area contributed by atoms with Gasteiger partial charge in [0.25, 0.3) is 5.91 Å². The number of halogens is 1. The Morgan fingerprint density at radius 2 is 1.50 bits per heavy atom. The van der Waals surface area contributed by atoms with Gasteiger partial charge in [-0.05, 0) is 64.5 Å². The lowest BCUT2D eigenvalue weighted by molar-refractivity contribution is 0.0733. The van der Waals surface area contributed by atoms with E-state index in [1.165, 1.54) is 6.21 Å². The molecule has 0 bridgehead atoms. The minimum atomic E-state index is -0.497. The van der Waals surface area contributed by atoms with Crippen molar-refractivity contribution in [3.8, 4) is 11.4 Å². The average molecular weight is 488 g/mol. The fourth-order valence-corrected chi connectivity index (χ4v) is 3.51. The molecule has 0 spiro atoms. The van der Waals surface area contributed by atoms with Crippen LogP contribution in [0, 0.1) is 0 Å². The van der Waals surface area contributed by atoms with Crippen LogP contribution in [0.3, 0.4) is 0 Å². The Labute approximate surface area is 193 Å². The number of carbonyl (C=O) groups excluding carboxylic acids is 2. The first-order chi connectivity index (χ1) is 15.6. The molecule has 0 saturated heterocycles. The molecule has 1 N–H and O–H groups in total. The van der Waals surface area contributed by atoms with Crippen LogP contribution in [0.15, 0.2) is 107 Å². The zero-order valence-electron chi connectivity index (χ0n) is 16.8. The number of rotatable bonds is 6. The predicted molar refractivity (Wildman–Crippen MR) is 126 cm³/mol. The second-order valence-corrected chi connectivity index (χ2v) is 7.57. The summed E-state index contributed by atoms with van der Waals surface area (Å²) in [6, 6.07) is 25.0. The minimum absolute atomic E-state index is 0.332. The number of nitrogens with zero attached hydrogens (tertiary/aromatic N) is 2. The lowest BCUT2D eigenvalue weighted by atomic mass is 10.1. The van der Waals surface area contributed by atoms with E-state index in [-0.39, 0.29) is 5.91 Å². The Balaban J connectivity index is 1.49. The molecule has 6 nitrogen and oxygen atoms in total. The molecular weight excluding hydrogens is 470 g/mol. The standard InChI is InChI=1S/C25H18BrN3O3/c26-21-12-4-2-10-19(21)25(31)32-23-14-6-1-9-18(23)17-27-28-24(30)20-11-3-5-13-22(20)29-15-7-8-16-29/h1-17H,(H,28,30)/b27-17+. The zero-order valence-corrected chi connectivity index (χ0v) is 18.4. The van der Waals surface area contributed by atoms with Crippen LogP contribution < -0.4 is 10.2 Å². The molecule has 32 heavy (non-hydrogen) atoms. The summed E-state index contributed by atoms with van der Waals surface area (Å²) in [5.74, 6) is -0.518. The highest BCUT2D eigenvalue weighted by Gasteiger charge is 2.14. The van der Waals surface area contributed by atoms with Gasteiger partial charge in [-0.25, -0.2) is 10.2 Å². The number of amides is 1. The van der Waals surface area contributed by atoms with Gasteiger partial charge in [-0.1, -0.05) is 36.4 Å². The van der Waals surface area contributed by atoms with Gasteiger partial charge in [0.2, 0.25) is 0 Å². The fourth-order valence-electron chi connectivity index (χ4n) is 3.07. The third-order valence-corrected chi connectivity index (χ3v) is 5.31. The first-order valence-electron chi connectivity index (χ1n) is 9.75. The van der Waals surface area contributed by atoms with Crippen molar-refractivity contribution in [2.75, 3.05) is 0 Å². The van der Waals surface area contributed by atoms with Crippen LogP contribution in [0.2, 0.25) is 0 Å². The molecule has 158 valence electrons. The monoisotopic (exact) mass is 487 g/mol. The zero-order chi connectivity index (χ0) is 22.3. The van der Waals surface area contributed by atoms with Crippen molar-refractivity contribution in [1.29, 1.82) is 0 Å². The van der Waals surface area contributed by atoms with E-state index in [1.54, 1.807) is 54.6 Å². The van der Waals surface area contributed by atoms with E-state index in [2.05, 4.69) is 26.5 Å². The van der Waals surface area contributed by atoms with Crippen molar-refractivity contribution in [3.05, 3.63) is 118 Å². The summed E-state index contributed by atoms with van der Waals surface area (Å²) in [5.41, 5.74) is 4.72. The Hall–Kier alpha value is -3.97. The van der Waals surface area contributed by atoms with Gasteiger partial charge in [0, 0.05) is 22.4 Å². The largest absolute Gasteiger partial charge is 0.422 e. The van der Waals surface area contributed by atoms with Crippen molar-refractivity contribution < 1.29 is 14.3 Å². The Kier molecular flexibility index (Phi) is 6.57. The Morgan fingerprint density at radius 3 is 2.28 bits per heavy atom. The SMILES string of the molecule is O=C(Oc1ccccc1/C=N/NC(=O)c1ccccc1-n1cccc1)c1ccccc1Br. The molecule has 0 unspecified atom stereocenters. The summed E-state index contributed by atoms with van der Waals surface area (Å²) in [6.07, 6.45) is 5.18. The molecule has 3 aromatic carbocycles. The highest BCUT2D eigenvalue weighted by atomic mass is 79.9. The van der Waals surface area contributed by atoms with E-state index in [4.69, 9.17) is 4.74 Å². The first-order valence-corrected chi connectivity index (χ1v) is 10.5. The third kappa shape index (κ3) is 4.84. The van der Waals surface area contributed by atoms with E-state index in [0.717, 1.165) is 5.69 Å². The van der Waals surface area contributed by atoms with Crippen LogP contribution >= 0.6 is 15.9 Å². The summed E-state index contributed by atoms with van der Waals surface area (Å²) in [4.78, 5) is 25.2. The molecule has 1 aromatic heterocycles. The van der Waals surface area contributed by atoms with Crippen molar-refractivity contribution in [3.63, 3.8) is 0 Å². The van der Waals surface area contributed by atoms with Crippen LogP contribution in [0.5, 0.6) is 5.75 Å². The van der Waals surface area contributed by atoms with Crippen LogP contribution in [0.4, 0.5) is 0 Å². The van der Waals surface area contributed by atoms with Crippen LogP contribution in [-0.2, 0) is 0 Å². The summed E-state index contributed by atoms with van der Waals surface area (Å²) < 4.78 is 8.05. The average Bonchev–Trinajstić information content (AvgIpc) is 3.35. The number of aromatic nitrogens is 1. The minimum Gasteiger partial charge on any atom is -0.422 e. The molecule has 0 aliphatic rings. The quantitative estimate of drug-likeness (QED) is 0.175. The number of ether oxygens (including phenoxy) is 1. The molecule has 1 heterocycles. The van der Waals surface area contributed by atoms with Gasteiger partial charge in [0.05, 0.1) is 23.0 Å². The molecule has 4 aromatic rings. The van der Waals surface area contributed by atoms with Crippen LogP contribution in [0.1, 0.15) is 26.3 Å². The molecule has 0 saturated carbocycles. The maximum atomic E-state index is 12.7. The summed E-state index contributed by atoms with van der Waals surface area (Å²) in [6.45, 7) is 0. The van der Waals surface area contributed by atoms with E-state index in [9.17, 15) is 9.59 Å². The van der Waals surface area contributed by atoms with E-state index in [0.29, 0.717) is 26.9 Å². The topological polar surface area (TPSA) is 72.7 Å². The molecule has 0 aliphatic heterocycles. The van der Waals surface area contributed by atoms with Crippen molar-refractivity contribution >= 4 is 34.0 Å². The molecule has 0 fully saturated rings. The first kappa shape index (κ1) is 21.3. The van der Waals surface area contributed by atoms with Crippen molar-refractivity contribution in [2.24, 2.45) is 5.10 Å². The normalized spacial score (nSPS) is 10.8. The highest BCUT2D eigenvalue weighted by Crippen LogP contribution is 2.21. The maximum absolute atomic E-state index is 12.7. The van der Waals surface area contributed by atoms with Gasteiger partial charge >= 0.3 is 5.97 Å². The summed E-state index contributed by atoms with van der Waals surface area (Å²) >= 11 is 3.35. The summed E-state index contributed by atoms with van der Waals surface area (Å²) in [7, 11) is 0. The van der Waals surface area contributed by atoms with Gasteiger partial charge in [-0.2, -0.15) is 5.10 Å². The Morgan fingerprint density at radius 1 is 0.844 bits per heavy atom. The third-order valence-electron chi connectivity index (χ3n) is 4.62. The van der Waals surface area contributed by atoms with Gasteiger partial charge < -0.3 is 9.30 Å². The molecular formula is C25H18BrN3O3. The number of hydrazone groups is 1. The molecule has 1 amide bonds. The number of nitrogens with one attached hydrogen (secondary N) is 1. The lowest BCUT2D eigenvalue weighted by Gasteiger charge is -2.09. The van der Waals surface area contributed by atoms with E-state index >= 15 is 0 Å². The van der Waals surface area contributed by atoms with Gasteiger partial charge in [0.1, 0.15) is 5.75 Å². The predicted octanol–water partition coefficient (Wildman–Crippen LogP) is 5.22. The number of esters is 1. The number of hydrogen-bond donors (Lipinski definition) is 1. The van der Waals surface area contributed by atoms with Crippen molar-refractivity contribution in [1.82, 2.24) is 9.99 Å². The summed E-state index contributed by atoms with van der Waals surface area (Å²) in [5, 5.41) is 4.06. The van der Waals surface area contributed by atoms with Gasteiger partial charge in [0.15, 0.2) is 0 Å². The highest BCUT2D eigenvalue weighted by molar-refractivity contribution is 9.10. The molecule has 0 radical (unpaired) electrons. The number of carbonyl (C=O) groups is 2. The molecule has 4 rings (SSSR count). The molecule has 0 aliphatic carbocycles.